The monoisotopic (exact) mass is 389 g/mol. The van der Waals surface area contributed by atoms with E-state index in [0.717, 1.165) is 33.4 Å². The first-order valence-electron chi connectivity index (χ1n) is 9.39. The van der Waals surface area contributed by atoms with Gasteiger partial charge in [-0.2, -0.15) is 10.2 Å². The molecule has 4 heterocycles. The van der Waals surface area contributed by atoms with Crippen LogP contribution in [0, 0.1) is 6.92 Å². The van der Waals surface area contributed by atoms with E-state index in [-0.39, 0.29) is 5.92 Å². The predicted molar refractivity (Wildman–Crippen MR) is 112 cm³/mol. The molecular formula is C21H23N7O. The van der Waals surface area contributed by atoms with Gasteiger partial charge in [-0.05, 0) is 36.8 Å². The predicted octanol–water partition coefficient (Wildman–Crippen LogP) is 3.62. The standard InChI is InChI=1S/C21H23N7O/c1-13(12-29-4)15-8-21(26-23-10-15)25-20-6-5-18-19(24-20)7-16(9-22-18)17-11-28(3)27-14(17)2/h5-11,13H,12H2,1-4H3,(H,24,25,26). The lowest BCUT2D eigenvalue weighted by Crippen LogP contribution is -2.05. The van der Waals surface area contributed by atoms with Crippen molar-refractivity contribution in [2.45, 2.75) is 19.8 Å². The zero-order valence-corrected chi connectivity index (χ0v) is 16.9. The molecule has 1 N–H and O–H groups in total. The largest absolute Gasteiger partial charge is 0.384 e. The highest BCUT2D eigenvalue weighted by atomic mass is 16.5. The van der Waals surface area contributed by atoms with Gasteiger partial charge in [-0.25, -0.2) is 4.98 Å². The lowest BCUT2D eigenvalue weighted by Gasteiger charge is -2.11. The number of hydrogen-bond donors (Lipinski definition) is 1. The Hall–Kier alpha value is -3.39. The van der Waals surface area contributed by atoms with Crippen molar-refractivity contribution in [2.24, 2.45) is 7.05 Å². The fourth-order valence-electron chi connectivity index (χ4n) is 3.30. The number of methoxy groups -OCH3 is 1. The Labute approximate surface area is 169 Å². The minimum absolute atomic E-state index is 0.232. The SMILES string of the molecule is COCC(C)c1cnnc(Nc2ccc3ncc(-c4cn(C)nc4C)cc3n2)c1. The van der Waals surface area contributed by atoms with Crippen LogP contribution in [-0.2, 0) is 11.8 Å². The summed E-state index contributed by atoms with van der Waals surface area (Å²) in [5.41, 5.74) is 5.68. The zero-order valence-electron chi connectivity index (χ0n) is 16.9. The van der Waals surface area contributed by atoms with Crippen molar-refractivity contribution in [1.29, 1.82) is 0 Å². The number of ether oxygens (including phenoxy) is 1. The van der Waals surface area contributed by atoms with Crippen molar-refractivity contribution in [3.63, 3.8) is 0 Å². The topological polar surface area (TPSA) is 90.6 Å². The minimum Gasteiger partial charge on any atom is -0.384 e. The summed E-state index contributed by atoms with van der Waals surface area (Å²) in [5, 5.41) is 15.9. The van der Waals surface area contributed by atoms with Crippen molar-refractivity contribution in [3.05, 3.63) is 54.1 Å². The third-order valence-electron chi connectivity index (χ3n) is 4.78. The molecule has 0 aliphatic rings. The fourth-order valence-corrected chi connectivity index (χ4v) is 3.30. The van der Waals surface area contributed by atoms with Crippen molar-refractivity contribution in [2.75, 3.05) is 19.0 Å². The molecule has 0 bridgehead atoms. The van der Waals surface area contributed by atoms with Crippen LogP contribution in [-0.4, -0.2) is 43.7 Å². The average Bonchev–Trinajstić information content (AvgIpc) is 3.06. The Morgan fingerprint density at radius 1 is 1.14 bits per heavy atom. The molecule has 4 aromatic rings. The third kappa shape index (κ3) is 4.07. The Morgan fingerprint density at radius 3 is 2.76 bits per heavy atom. The van der Waals surface area contributed by atoms with Crippen LogP contribution in [0.25, 0.3) is 22.2 Å². The summed E-state index contributed by atoms with van der Waals surface area (Å²) in [6, 6.07) is 7.82. The number of nitrogens with one attached hydrogen (secondary N) is 1. The van der Waals surface area contributed by atoms with Crippen molar-refractivity contribution < 1.29 is 4.74 Å². The van der Waals surface area contributed by atoms with Gasteiger partial charge < -0.3 is 10.1 Å². The van der Waals surface area contributed by atoms with Crippen LogP contribution in [0.5, 0.6) is 0 Å². The van der Waals surface area contributed by atoms with Crippen molar-refractivity contribution in [1.82, 2.24) is 29.9 Å². The van der Waals surface area contributed by atoms with E-state index < -0.39 is 0 Å². The first kappa shape index (κ1) is 18.9. The summed E-state index contributed by atoms with van der Waals surface area (Å²) in [4.78, 5) is 9.26. The molecule has 0 aliphatic carbocycles. The Bertz CT molecular complexity index is 1150. The lowest BCUT2D eigenvalue weighted by atomic mass is 10.1. The van der Waals surface area contributed by atoms with Crippen molar-refractivity contribution in [3.8, 4) is 11.1 Å². The molecular weight excluding hydrogens is 366 g/mol. The summed E-state index contributed by atoms with van der Waals surface area (Å²) in [5.74, 6) is 1.56. The Kier molecular flexibility index (Phi) is 5.18. The van der Waals surface area contributed by atoms with Gasteiger partial charge in [0.05, 0.1) is 29.5 Å². The summed E-state index contributed by atoms with van der Waals surface area (Å²) >= 11 is 0. The van der Waals surface area contributed by atoms with Crippen LogP contribution in [0.15, 0.2) is 42.9 Å². The van der Waals surface area contributed by atoms with Gasteiger partial charge >= 0.3 is 0 Å². The molecule has 148 valence electrons. The maximum atomic E-state index is 5.23. The smallest absolute Gasteiger partial charge is 0.154 e. The number of anilines is 2. The molecule has 0 aliphatic heterocycles. The van der Waals surface area contributed by atoms with Gasteiger partial charge in [-0.3, -0.25) is 9.67 Å². The number of fused-ring (bicyclic) bond motifs is 1. The van der Waals surface area contributed by atoms with E-state index in [0.29, 0.717) is 18.2 Å². The van der Waals surface area contributed by atoms with Crippen molar-refractivity contribution >= 4 is 22.7 Å². The number of rotatable bonds is 6. The molecule has 8 heteroatoms. The third-order valence-corrected chi connectivity index (χ3v) is 4.78. The molecule has 0 saturated heterocycles. The normalized spacial score (nSPS) is 12.3. The molecule has 29 heavy (non-hydrogen) atoms. The molecule has 0 amide bonds. The van der Waals surface area contributed by atoms with Gasteiger partial charge in [-0.1, -0.05) is 6.92 Å². The molecule has 4 rings (SSSR count). The van der Waals surface area contributed by atoms with E-state index >= 15 is 0 Å². The van der Waals surface area contributed by atoms with Gasteiger partial charge in [0.2, 0.25) is 0 Å². The number of nitrogens with zero attached hydrogens (tertiary/aromatic N) is 6. The molecule has 4 aromatic heterocycles. The van der Waals surface area contributed by atoms with Gasteiger partial charge in [-0.15, -0.1) is 5.10 Å². The highest BCUT2D eigenvalue weighted by Crippen LogP contribution is 2.25. The highest BCUT2D eigenvalue weighted by molar-refractivity contribution is 5.82. The molecule has 0 saturated carbocycles. The average molecular weight is 389 g/mol. The fraction of sp³-hybridized carbons (Fsp3) is 0.286. The second kappa shape index (κ2) is 7.92. The molecule has 0 aromatic carbocycles. The van der Waals surface area contributed by atoms with E-state index in [1.165, 1.54) is 0 Å². The summed E-state index contributed by atoms with van der Waals surface area (Å²) in [6.07, 6.45) is 5.60. The van der Waals surface area contributed by atoms with Crippen LogP contribution >= 0.6 is 0 Å². The molecule has 8 nitrogen and oxygen atoms in total. The maximum absolute atomic E-state index is 5.23. The van der Waals surface area contributed by atoms with Crippen LogP contribution in [0.2, 0.25) is 0 Å². The number of aromatic nitrogens is 6. The first-order valence-corrected chi connectivity index (χ1v) is 9.39. The number of pyridine rings is 2. The molecule has 0 spiro atoms. The van der Waals surface area contributed by atoms with Crippen LogP contribution in [0.1, 0.15) is 24.1 Å². The van der Waals surface area contributed by atoms with E-state index in [1.807, 2.05) is 50.6 Å². The van der Waals surface area contributed by atoms with E-state index in [1.54, 1.807) is 18.0 Å². The van der Waals surface area contributed by atoms with Crippen LogP contribution in [0.3, 0.4) is 0 Å². The van der Waals surface area contributed by atoms with Crippen LogP contribution in [0.4, 0.5) is 11.6 Å². The number of hydrogen-bond acceptors (Lipinski definition) is 7. The van der Waals surface area contributed by atoms with Gasteiger partial charge in [0.1, 0.15) is 5.82 Å². The highest BCUT2D eigenvalue weighted by Gasteiger charge is 2.10. The van der Waals surface area contributed by atoms with E-state index in [4.69, 9.17) is 9.72 Å². The maximum Gasteiger partial charge on any atom is 0.154 e. The summed E-state index contributed by atoms with van der Waals surface area (Å²) in [7, 11) is 3.60. The molecule has 1 unspecified atom stereocenters. The van der Waals surface area contributed by atoms with Gasteiger partial charge in [0.25, 0.3) is 0 Å². The quantitative estimate of drug-likeness (QED) is 0.538. The Morgan fingerprint density at radius 2 is 2.00 bits per heavy atom. The Balaban J connectivity index is 1.63. The lowest BCUT2D eigenvalue weighted by molar-refractivity contribution is 0.184. The number of aryl methyl sites for hydroxylation is 2. The second-order valence-corrected chi connectivity index (χ2v) is 7.12. The first-order chi connectivity index (χ1) is 14.0. The van der Waals surface area contributed by atoms with E-state index in [9.17, 15) is 0 Å². The minimum atomic E-state index is 0.232. The summed E-state index contributed by atoms with van der Waals surface area (Å²) < 4.78 is 7.03. The van der Waals surface area contributed by atoms with Crippen LogP contribution < -0.4 is 5.32 Å². The van der Waals surface area contributed by atoms with Gasteiger partial charge in [0, 0.05) is 43.6 Å². The zero-order chi connectivity index (χ0) is 20.4. The molecule has 0 radical (unpaired) electrons. The van der Waals surface area contributed by atoms with E-state index in [2.05, 4.69) is 32.5 Å². The van der Waals surface area contributed by atoms with Gasteiger partial charge in [0.15, 0.2) is 5.82 Å². The summed E-state index contributed by atoms with van der Waals surface area (Å²) in [6.45, 7) is 4.70. The molecule has 0 fully saturated rings. The molecule has 1 atom stereocenters. The second-order valence-electron chi connectivity index (χ2n) is 7.12.